The molecule has 30 heavy (non-hydrogen) atoms. The fraction of sp³-hybridized carbons (Fsp3) is 0.182. The minimum atomic E-state index is -3.85. The maximum atomic E-state index is 12.6. The van der Waals surface area contributed by atoms with Crippen LogP contribution >= 0.6 is 0 Å². The van der Waals surface area contributed by atoms with Gasteiger partial charge in [0.15, 0.2) is 5.76 Å². The van der Waals surface area contributed by atoms with Crippen LogP contribution in [0.3, 0.4) is 0 Å². The lowest BCUT2D eigenvalue weighted by molar-refractivity contribution is 0.0459. The number of rotatable bonds is 7. The molecule has 0 spiro atoms. The van der Waals surface area contributed by atoms with E-state index in [1.807, 2.05) is 13.8 Å². The van der Waals surface area contributed by atoms with Gasteiger partial charge in [0.1, 0.15) is 0 Å². The van der Waals surface area contributed by atoms with Gasteiger partial charge in [0.25, 0.3) is 5.91 Å². The predicted molar refractivity (Wildman–Crippen MR) is 110 cm³/mol. The monoisotopic (exact) mass is 427 g/mol. The molecule has 1 N–H and O–H groups in total. The number of furan rings is 1. The van der Waals surface area contributed by atoms with Crippen molar-refractivity contribution in [3.8, 4) is 0 Å². The Labute approximate surface area is 174 Å². The first-order valence-electron chi connectivity index (χ1n) is 9.26. The van der Waals surface area contributed by atoms with Crippen LogP contribution in [0.15, 0.2) is 81.1 Å². The van der Waals surface area contributed by atoms with E-state index in [1.54, 1.807) is 30.3 Å². The zero-order chi connectivity index (χ0) is 21.7. The summed E-state index contributed by atoms with van der Waals surface area (Å²) < 4.78 is 35.5. The van der Waals surface area contributed by atoms with Crippen LogP contribution in [0.5, 0.6) is 0 Å². The Kier molecular flexibility index (Phi) is 6.37. The molecule has 0 unspecified atom stereocenters. The molecule has 3 aromatic rings. The van der Waals surface area contributed by atoms with E-state index in [0.29, 0.717) is 17.9 Å². The van der Waals surface area contributed by atoms with Gasteiger partial charge in [-0.3, -0.25) is 4.79 Å². The zero-order valence-electron chi connectivity index (χ0n) is 16.5. The van der Waals surface area contributed by atoms with Crippen molar-refractivity contribution in [1.82, 2.24) is 0 Å². The van der Waals surface area contributed by atoms with Gasteiger partial charge >= 0.3 is 5.97 Å². The van der Waals surface area contributed by atoms with Crippen molar-refractivity contribution in [2.24, 2.45) is 5.92 Å². The van der Waals surface area contributed by atoms with Crippen LogP contribution in [0.1, 0.15) is 34.8 Å². The topological polar surface area (TPSA) is 103 Å². The van der Waals surface area contributed by atoms with Gasteiger partial charge in [0.05, 0.1) is 17.1 Å². The molecule has 0 atom stereocenters. The Morgan fingerprint density at radius 2 is 1.63 bits per heavy atom. The number of benzene rings is 2. The number of amides is 1. The summed E-state index contributed by atoms with van der Waals surface area (Å²) in [5.74, 6) is -0.968. The Bertz CT molecular complexity index is 1130. The minimum Gasteiger partial charge on any atom is -0.462 e. The molecule has 8 heteroatoms. The Morgan fingerprint density at radius 3 is 2.27 bits per heavy atom. The number of sulfone groups is 1. The van der Waals surface area contributed by atoms with Gasteiger partial charge in [-0.05, 0) is 54.4 Å². The minimum absolute atomic E-state index is 0.0752. The summed E-state index contributed by atoms with van der Waals surface area (Å²) >= 11 is 0. The molecule has 0 saturated carbocycles. The number of nitrogens with one attached hydrogen (secondary N) is 1. The van der Waals surface area contributed by atoms with Gasteiger partial charge in [0, 0.05) is 5.69 Å². The van der Waals surface area contributed by atoms with Crippen LogP contribution in [-0.2, 0) is 14.6 Å². The van der Waals surface area contributed by atoms with Crippen LogP contribution < -0.4 is 5.32 Å². The summed E-state index contributed by atoms with van der Waals surface area (Å²) in [7, 11) is -3.85. The highest BCUT2D eigenvalue weighted by Crippen LogP contribution is 2.23. The molecule has 0 aliphatic carbocycles. The number of carbonyl (C=O) groups is 2. The largest absolute Gasteiger partial charge is 0.462 e. The summed E-state index contributed by atoms with van der Waals surface area (Å²) in [5.41, 5.74) is 0.784. The van der Waals surface area contributed by atoms with E-state index in [-0.39, 0.29) is 21.7 Å². The average Bonchev–Trinajstić information content (AvgIpc) is 3.24. The van der Waals surface area contributed by atoms with Crippen molar-refractivity contribution >= 4 is 27.4 Å². The lowest BCUT2D eigenvalue weighted by Gasteiger charge is -2.08. The fourth-order valence-electron chi connectivity index (χ4n) is 2.51. The summed E-state index contributed by atoms with van der Waals surface area (Å²) in [6.07, 6.45) is 0. The molecular formula is C22H21NO6S. The number of hydrogen-bond donors (Lipinski definition) is 1. The van der Waals surface area contributed by atoms with E-state index in [2.05, 4.69) is 5.32 Å². The van der Waals surface area contributed by atoms with Gasteiger partial charge in [0.2, 0.25) is 14.9 Å². The molecule has 3 rings (SSSR count). The SMILES string of the molecule is CC(C)COC(=O)c1ccc(NC(=O)c2ccc(S(=O)(=O)c3ccccc3)o2)cc1. The number of carbonyl (C=O) groups excluding carboxylic acids is 2. The van der Waals surface area contributed by atoms with Crippen molar-refractivity contribution in [2.45, 2.75) is 23.8 Å². The molecule has 1 amide bonds. The molecule has 0 fully saturated rings. The summed E-state index contributed by atoms with van der Waals surface area (Å²) in [5, 5.41) is 2.28. The van der Waals surface area contributed by atoms with Crippen LogP contribution in [0.4, 0.5) is 5.69 Å². The third kappa shape index (κ3) is 4.96. The predicted octanol–water partition coefficient (Wildman–Crippen LogP) is 4.18. The van der Waals surface area contributed by atoms with Crippen molar-refractivity contribution in [3.63, 3.8) is 0 Å². The second kappa shape index (κ2) is 8.96. The first kappa shape index (κ1) is 21.3. The van der Waals surface area contributed by atoms with Crippen molar-refractivity contribution in [3.05, 3.63) is 78.1 Å². The van der Waals surface area contributed by atoms with Gasteiger partial charge in [-0.15, -0.1) is 0 Å². The maximum absolute atomic E-state index is 12.6. The van der Waals surface area contributed by atoms with Gasteiger partial charge in [-0.2, -0.15) is 0 Å². The van der Waals surface area contributed by atoms with E-state index in [9.17, 15) is 18.0 Å². The average molecular weight is 427 g/mol. The second-order valence-corrected chi connectivity index (χ2v) is 8.84. The first-order valence-corrected chi connectivity index (χ1v) is 10.7. The first-order chi connectivity index (χ1) is 14.3. The highest BCUT2D eigenvalue weighted by atomic mass is 32.2. The Morgan fingerprint density at radius 1 is 0.967 bits per heavy atom. The number of hydrogen-bond acceptors (Lipinski definition) is 6. The molecule has 0 saturated heterocycles. The Hall–Kier alpha value is -3.39. The van der Waals surface area contributed by atoms with Crippen LogP contribution in [0.2, 0.25) is 0 Å². The third-order valence-corrected chi connectivity index (χ3v) is 5.69. The van der Waals surface area contributed by atoms with Gasteiger partial charge in [-0.25, -0.2) is 13.2 Å². The number of ether oxygens (including phenoxy) is 1. The van der Waals surface area contributed by atoms with E-state index >= 15 is 0 Å². The van der Waals surface area contributed by atoms with E-state index in [0.717, 1.165) is 0 Å². The van der Waals surface area contributed by atoms with Gasteiger partial charge < -0.3 is 14.5 Å². The van der Waals surface area contributed by atoms with Crippen LogP contribution in [-0.4, -0.2) is 26.9 Å². The molecule has 0 aliphatic heterocycles. The highest BCUT2D eigenvalue weighted by Gasteiger charge is 2.23. The maximum Gasteiger partial charge on any atom is 0.338 e. The molecule has 7 nitrogen and oxygen atoms in total. The van der Waals surface area contributed by atoms with Gasteiger partial charge in [-0.1, -0.05) is 32.0 Å². The van der Waals surface area contributed by atoms with E-state index in [4.69, 9.17) is 9.15 Å². The Balaban J connectivity index is 1.68. The molecular weight excluding hydrogens is 406 g/mol. The smallest absolute Gasteiger partial charge is 0.338 e. The lowest BCUT2D eigenvalue weighted by Crippen LogP contribution is -2.12. The van der Waals surface area contributed by atoms with Crippen molar-refractivity contribution < 1.29 is 27.2 Å². The molecule has 1 aromatic heterocycles. The zero-order valence-corrected chi connectivity index (χ0v) is 17.3. The van der Waals surface area contributed by atoms with Crippen LogP contribution in [0, 0.1) is 5.92 Å². The third-order valence-electron chi connectivity index (χ3n) is 4.05. The van der Waals surface area contributed by atoms with Crippen molar-refractivity contribution in [1.29, 1.82) is 0 Å². The molecule has 156 valence electrons. The summed E-state index contributed by atoms with van der Waals surface area (Å²) in [6, 6.07) is 16.5. The molecule has 2 aromatic carbocycles. The molecule has 0 aliphatic rings. The standard InChI is InChI=1S/C22H21NO6S/c1-15(2)14-28-22(25)16-8-10-17(11-9-16)23-21(24)19-12-13-20(29-19)30(26,27)18-6-4-3-5-7-18/h3-13,15H,14H2,1-2H3,(H,23,24). The van der Waals surface area contributed by atoms with Crippen LogP contribution in [0.25, 0.3) is 0 Å². The normalized spacial score (nSPS) is 11.3. The fourth-order valence-corrected chi connectivity index (χ4v) is 3.70. The highest BCUT2D eigenvalue weighted by molar-refractivity contribution is 7.91. The van der Waals surface area contributed by atoms with E-state index in [1.165, 1.54) is 36.4 Å². The summed E-state index contributed by atoms with van der Waals surface area (Å²) in [4.78, 5) is 24.4. The molecule has 0 radical (unpaired) electrons. The lowest BCUT2D eigenvalue weighted by atomic mass is 10.2. The number of anilines is 1. The molecule has 0 bridgehead atoms. The summed E-state index contributed by atoms with van der Waals surface area (Å²) in [6.45, 7) is 4.21. The quantitative estimate of drug-likeness (QED) is 0.568. The number of esters is 1. The second-order valence-electron chi connectivity index (χ2n) is 6.96. The van der Waals surface area contributed by atoms with E-state index < -0.39 is 21.7 Å². The van der Waals surface area contributed by atoms with Crippen molar-refractivity contribution in [2.75, 3.05) is 11.9 Å². The molecule has 1 heterocycles.